The van der Waals surface area contributed by atoms with Crippen LogP contribution in [0.15, 0.2) is 16.7 Å². The van der Waals surface area contributed by atoms with Gasteiger partial charge in [0.25, 0.3) is 0 Å². The molecule has 1 N–H and O–H groups in total. The molecular weight excluding hydrogens is 228 g/mol. The number of aryl methyl sites for hydroxylation is 1. The zero-order chi connectivity index (χ0) is 13.0. The van der Waals surface area contributed by atoms with Crippen molar-refractivity contribution in [1.82, 2.24) is 10.2 Å². The summed E-state index contributed by atoms with van der Waals surface area (Å²) in [7, 11) is 1.86. The SMILES string of the molecule is Cc1occc1CN(C)C(=O)CCC1CCNC1. The molecule has 0 aromatic carbocycles. The first kappa shape index (κ1) is 13.1. The lowest BCUT2D eigenvalue weighted by Crippen LogP contribution is -2.26. The number of amides is 1. The van der Waals surface area contributed by atoms with Crippen LogP contribution >= 0.6 is 0 Å². The molecule has 4 nitrogen and oxygen atoms in total. The fraction of sp³-hybridized carbons (Fsp3) is 0.643. The van der Waals surface area contributed by atoms with Gasteiger partial charge in [0, 0.05) is 25.6 Å². The Labute approximate surface area is 108 Å². The Balaban J connectivity index is 1.76. The van der Waals surface area contributed by atoms with Crippen molar-refractivity contribution in [1.29, 1.82) is 0 Å². The van der Waals surface area contributed by atoms with E-state index in [4.69, 9.17) is 4.42 Å². The van der Waals surface area contributed by atoms with Gasteiger partial charge in [0.05, 0.1) is 6.26 Å². The largest absolute Gasteiger partial charge is 0.469 e. The summed E-state index contributed by atoms with van der Waals surface area (Å²) in [6.45, 7) is 4.74. The molecular formula is C14H22N2O2. The maximum Gasteiger partial charge on any atom is 0.222 e. The van der Waals surface area contributed by atoms with Gasteiger partial charge in [0.2, 0.25) is 5.91 Å². The molecule has 18 heavy (non-hydrogen) atoms. The van der Waals surface area contributed by atoms with E-state index in [2.05, 4.69) is 5.32 Å². The van der Waals surface area contributed by atoms with Crippen molar-refractivity contribution in [2.24, 2.45) is 5.92 Å². The van der Waals surface area contributed by atoms with Crippen molar-refractivity contribution in [2.75, 3.05) is 20.1 Å². The van der Waals surface area contributed by atoms with E-state index in [9.17, 15) is 4.79 Å². The molecule has 1 fully saturated rings. The van der Waals surface area contributed by atoms with E-state index in [0.29, 0.717) is 18.9 Å². The second-order valence-corrected chi connectivity index (χ2v) is 5.15. The summed E-state index contributed by atoms with van der Waals surface area (Å²) in [5, 5.41) is 3.33. The third-order valence-corrected chi connectivity index (χ3v) is 3.73. The molecule has 2 heterocycles. The summed E-state index contributed by atoms with van der Waals surface area (Å²) >= 11 is 0. The van der Waals surface area contributed by atoms with Gasteiger partial charge < -0.3 is 14.6 Å². The summed E-state index contributed by atoms with van der Waals surface area (Å²) in [4.78, 5) is 13.8. The molecule has 0 radical (unpaired) electrons. The predicted molar refractivity (Wildman–Crippen MR) is 70.1 cm³/mol. The molecule has 1 unspecified atom stereocenters. The van der Waals surface area contributed by atoms with Crippen molar-refractivity contribution in [2.45, 2.75) is 32.7 Å². The minimum absolute atomic E-state index is 0.225. The van der Waals surface area contributed by atoms with Crippen molar-refractivity contribution in [3.8, 4) is 0 Å². The Hall–Kier alpha value is -1.29. The first-order valence-corrected chi connectivity index (χ1v) is 6.64. The third-order valence-electron chi connectivity index (χ3n) is 3.73. The summed E-state index contributed by atoms with van der Waals surface area (Å²) in [5.74, 6) is 1.80. The van der Waals surface area contributed by atoms with Gasteiger partial charge in [0.15, 0.2) is 0 Å². The molecule has 1 aliphatic rings. The molecule has 0 aliphatic carbocycles. The summed E-state index contributed by atoms with van der Waals surface area (Å²) in [5.41, 5.74) is 1.09. The molecule has 100 valence electrons. The predicted octanol–water partition coefficient (Wildman–Crippen LogP) is 1.94. The number of furan rings is 1. The van der Waals surface area contributed by atoms with Gasteiger partial charge in [-0.05, 0) is 44.8 Å². The van der Waals surface area contributed by atoms with Crippen LogP contribution in [0.4, 0.5) is 0 Å². The minimum atomic E-state index is 0.225. The van der Waals surface area contributed by atoms with Crippen molar-refractivity contribution >= 4 is 5.91 Å². The number of hydrogen-bond acceptors (Lipinski definition) is 3. The number of carbonyl (C=O) groups excluding carboxylic acids is 1. The standard InChI is InChI=1S/C14H22N2O2/c1-11-13(6-8-18-11)10-16(2)14(17)4-3-12-5-7-15-9-12/h6,8,12,15H,3-5,7,9-10H2,1-2H3. The average Bonchev–Trinajstić information content (AvgIpc) is 2.99. The highest BCUT2D eigenvalue weighted by Crippen LogP contribution is 2.16. The zero-order valence-electron chi connectivity index (χ0n) is 11.2. The van der Waals surface area contributed by atoms with Crippen LogP contribution in [0.25, 0.3) is 0 Å². The fourth-order valence-electron chi connectivity index (χ4n) is 2.40. The molecule has 1 aliphatic heterocycles. The third kappa shape index (κ3) is 3.35. The number of hydrogen-bond donors (Lipinski definition) is 1. The number of nitrogens with zero attached hydrogens (tertiary/aromatic N) is 1. The van der Waals surface area contributed by atoms with Gasteiger partial charge in [-0.1, -0.05) is 0 Å². The van der Waals surface area contributed by atoms with Gasteiger partial charge >= 0.3 is 0 Å². The van der Waals surface area contributed by atoms with Gasteiger partial charge in [-0.25, -0.2) is 0 Å². The quantitative estimate of drug-likeness (QED) is 0.868. The van der Waals surface area contributed by atoms with E-state index >= 15 is 0 Å². The van der Waals surface area contributed by atoms with Gasteiger partial charge in [-0.3, -0.25) is 4.79 Å². The van der Waals surface area contributed by atoms with E-state index in [0.717, 1.165) is 30.8 Å². The van der Waals surface area contributed by atoms with Gasteiger partial charge in [-0.15, -0.1) is 0 Å². The Kier molecular flexibility index (Phi) is 4.42. The summed E-state index contributed by atoms with van der Waals surface area (Å²) in [6.07, 6.45) is 4.53. The zero-order valence-corrected chi connectivity index (χ0v) is 11.2. The second-order valence-electron chi connectivity index (χ2n) is 5.15. The highest BCUT2D eigenvalue weighted by Gasteiger charge is 2.17. The lowest BCUT2D eigenvalue weighted by molar-refractivity contribution is -0.130. The van der Waals surface area contributed by atoms with Crippen LogP contribution in [0.3, 0.4) is 0 Å². The molecule has 2 rings (SSSR count). The molecule has 1 aromatic rings. The molecule has 1 saturated heterocycles. The lowest BCUT2D eigenvalue weighted by Gasteiger charge is -2.17. The maximum atomic E-state index is 12.0. The molecule has 1 atom stereocenters. The molecule has 0 saturated carbocycles. The Morgan fingerprint density at radius 3 is 3.06 bits per heavy atom. The van der Waals surface area contributed by atoms with Crippen LogP contribution in [0.1, 0.15) is 30.6 Å². The van der Waals surface area contributed by atoms with Crippen LogP contribution in [-0.2, 0) is 11.3 Å². The van der Waals surface area contributed by atoms with E-state index in [-0.39, 0.29) is 5.91 Å². The molecule has 0 bridgehead atoms. The van der Waals surface area contributed by atoms with Crippen LogP contribution in [-0.4, -0.2) is 30.9 Å². The number of rotatable bonds is 5. The molecule has 0 spiro atoms. The van der Waals surface area contributed by atoms with Crippen LogP contribution in [0.2, 0.25) is 0 Å². The van der Waals surface area contributed by atoms with E-state index in [1.54, 1.807) is 11.2 Å². The van der Waals surface area contributed by atoms with Crippen molar-refractivity contribution in [3.05, 3.63) is 23.7 Å². The van der Waals surface area contributed by atoms with Crippen molar-refractivity contribution < 1.29 is 9.21 Å². The molecule has 1 aromatic heterocycles. The number of carbonyl (C=O) groups is 1. The molecule has 4 heteroatoms. The Morgan fingerprint density at radius 2 is 2.44 bits per heavy atom. The monoisotopic (exact) mass is 250 g/mol. The van der Waals surface area contributed by atoms with Crippen LogP contribution in [0, 0.1) is 12.8 Å². The molecule has 1 amide bonds. The van der Waals surface area contributed by atoms with Crippen molar-refractivity contribution in [3.63, 3.8) is 0 Å². The summed E-state index contributed by atoms with van der Waals surface area (Å²) < 4.78 is 5.24. The highest BCUT2D eigenvalue weighted by atomic mass is 16.3. The first-order chi connectivity index (χ1) is 8.66. The van der Waals surface area contributed by atoms with E-state index in [1.807, 2.05) is 20.0 Å². The fourth-order valence-corrected chi connectivity index (χ4v) is 2.40. The highest BCUT2D eigenvalue weighted by molar-refractivity contribution is 5.75. The van der Waals surface area contributed by atoms with Crippen LogP contribution in [0.5, 0.6) is 0 Å². The van der Waals surface area contributed by atoms with Gasteiger partial charge in [-0.2, -0.15) is 0 Å². The lowest BCUT2D eigenvalue weighted by atomic mass is 10.0. The topological polar surface area (TPSA) is 45.5 Å². The summed E-state index contributed by atoms with van der Waals surface area (Å²) in [6, 6.07) is 1.93. The Morgan fingerprint density at radius 1 is 1.61 bits per heavy atom. The second kappa shape index (κ2) is 6.05. The van der Waals surface area contributed by atoms with Gasteiger partial charge in [0.1, 0.15) is 5.76 Å². The smallest absolute Gasteiger partial charge is 0.222 e. The first-order valence-electron chi connectivity index (χ1n) is 6.64. The Bertz CT molecular complexity index is 394. The number of nitrogens with one attached hydrogen (secondary N) is 1. The van der Waals surface area contributed by atoms with Crippen LogP contribution < -0.4 is 5.32 Å². The average molecular weight is 250 g/mol. The minimum Gasteiger partial charge on any atom is -0.469 e. The maximum absolute atomic E-state index is 12.0. The van der Waals surface area contributed by atoms with E-state index in [1.165, 1.54) is 6.42 Å². The van der Waals surface area contributed by atoms with E-state index < -0.39 is 0 Å². The normalized spacial score (nSPS) is 19.1.